The average molecular weight is 397 g/mol. The molecule has 5 nitrogen and oxygen atoms in total. The standard InChI is InChI=1S/C22H21ClN2O3/c1-4-5-14(2)25(3)24-13-19-11-18-10-17(12-20(23)21(18)28-19)15-6-8-16(9-7-15)22(26)27/h4-12,24H,1,13H2,2-3H3,(H,26,27)/b14-5-. The molecule has 6 heteroatoms. The Morgan fingerprint density at radius 3 is 2.61 bits per heavy atom. The van der Waals surface area contributed by atoms with E-state index in [0.717, 1.165) is 28.0 Å². The second kappa shape index (κ2) is 8.33. The van der Waals surface area contributed by atoms with Crippen molar-refractivity contribution in [3.05, 3.63) is 83.2 Å². The highest BCUT2D eigenvalue weighted by Crippen LogP contribution is 2.33. The van der Waals surface area contributed by atoms with Crippen molar-refractivity contribution < 1.29 is 14.3 Å². The van der Waals surface area contributed by atoms with Crippen LogP contribution in [0.5, 0.6) is 0 Å². The number of halogens is 1. The smallest absolute Gasteiger partial charge is 0.335 e. The predicted octanol–water partition coefficient (Wildman–Crippen LogP) is 5.48. The van der Waals surface area contributed by atoms with E-state index < -0.39 is 5.97 Å². The minimum atomic E-state index is -0.949. The molecule has 0 radical (unpaired) electrons. The first-order valence-corrected chi connectivity index (χ1v) is 9.09. The van der Waals surface area contributed by atoms with Crippen molar-refractivity contribution in [3.63, 3.8) is 0 Å². The maximum Gasteiger partial charge on any atom is 0.335 e. The van der Waals surface area contributed by atoms with Crippen LogP contribution in [0.4, 0.5) is 0 Å². The Balaban J connectivity index is 1.84. The van der Waals surface area contributed by atoms with E-state index >= 15 is 0 Å². The molecule has 3 aromatic rings. The first-order chi connectivity index (χ1) is 13.4. The Hall–Kier alpha value is -3.02. The van der Waals surface area contributed by atoms with E-state index in [0.29, 0.717) is 17.2 Å². The Labute approximate surface area is 168 Å². The lowest BCUT2D eigenvalue weighted by atomic mass is 10.0. The van der Waals surface area contributed by atoms with Crippen molar-refractivity contribution in [1.82, 2.24) is 10.4 Å². The number of allylic oxidation sites excluding steroid dienone is 3. The van der Waals surface area contributed by atoms with E-state index in [1.807, 2.05) is 43.3 Å². The summed E-state index contributed by atoms with van der Waals surface area (Å²) in [6.45, 7) is 6.18. The quantitative estimate of drug-likeness (QED) is 0.409. The highest BCUT2D eigenvalue weighted by molar-refractivity contribution is 6.35. The number of hydrogen-bond donors (Lipinski definition) is 2. The lowest BCUT2D eigenvalue weighted by Gasteiger charge is -2.19. The second-order valence-corrected chi connectivity index (χ2v) is 6.82. The number of carbonyl (C=O) groups is 1. The molecule has 2 aromatic carbocycles. The van der Waals surface area contributed by atoms with E-state index in [2.05, 4.69) is 12.0 Å². The third kappa shape index (κ3) is 4.27. The molecule has 0 aliphatic carbocycles. The number of hydrogen-bond acceptors (Lipinski definition) is 4. The van der Waals surface area contributed by atoms with E-state index in [-0.39, 0.29) is 5.56 Å². The van der Waals surface area contributed by atoms with Crippen LogP contribution in [-0.4, -0.2) is 23.1 Å². The molecule has 0 saturated carbocycles. The van der Waals surface area contributed by atoms with Gasteiger partial charge in [-0.15, -0.1) is 0 Å². The lowest BCUT2D eigenvalue weighted by molar-refractivity contribution is 0.0697. The Morgan fingerprint density at radius 1 is 1.25 bits per heavy atom. The number of furan rings is 1. The van der Waals surface area contributed by atoms with Crippen molar-refractivity contribution >= 4 is 28.5 Å². The van der Waals surface area contributed by atoms with Crippen molar-refractivity contribution in [1.29, 1.82) is 0 Å². The number of nitrogens with one attached hydrogen (secondary N) is 1. The van der Waals surface area contributed by atoms with Gasteiger partial charge in [0.25, 0.3) is 0 Å². The summed E-state index contributed by atoms with van der Waals surface area (Å²) < 4.78 is 5.89. The Morgan fingerprint density at radius 2 is 1.96 bits per heavy atom. The molecule has 144 valence electrons. The number of aromatic carboxylic acids is 1. The normalized spacial score (nSPS) is 11.6. The Bertz CT molecular complexity index is 1050. The summed E-state index contributed by atoms with van der Waals surface area (Å²) in [5, 5.41) is 12.3. The molecule has 0 aliphatic heterocycles. The van der Waals surface area contributed by atoms with Gasteiger partial charge in [-0.05, 0) is 54.5 Å². The van der Waals surface area contributed by atoms with Gasteiger partial charge in [0.1, 0.15) is 5.76 Å². The molecule has 28 heavy (non-hydrogen) atoms. The average Bonchev–Trinajstić information content (AvgIpc) is 3.10. The third-order valence-corrected chi connectivity index (χ3v) is 4.75. The van der Waals surface area contributed by atoms with Crippen molar-refractivity contribution in [3.8, 4) is 11.1 Å². The molecule has 0 saturated heterocycles. The molecule has 0 amide bonds. The van der Waals surface area contributed by atoms with Crippen LogP contribution in [0.1, 0.15) is 23.0 Å². The van der Waals surface area contributed by atoms with Gasteiger partial charge in [0.05, 0.1) is 17.1 Å². The number of hydrazine groups is 1. The summed E-state index contributed by atoms with van der Waals surface area (Å²) in [5.74, 6) is -0.191. The van der Waals surface area contributed by atoms with E-state index in [1.54, 1.807) is 30.3 Å². The molecule has 1 aromatic heterocycles. The molecular weight excluding hydrogens is 376 g/mol. The molecule has 2 N–H and O–H groups in total. The van der Waals surface area contributed by atoms with Gasteiger partial charge in [-0.25, -0.2) is 10.2 Å². The Kier molecular flexibility index (Phi) is 5.87. The van der Waals surface area contributed by atoms with Gasteiger partial charge in [-0.2, -0.15) is 0 Å². The van der Waals surface area contributed by atoms with Crippen LogP contribution in [0.3, 0.4) is 0 Å². The van der Waals surface area contributed by atoms with Gasteiger partial charge in [0.2, 0.25) is 0 Å². The number of carboxylic acids is 1. The maximum atomic E-state index is 11.0. The minimum Gasteiger partial charge on any atom is -0.478 e. The molecule has 0 fully saturated rings. The number of fused-ring (bicyclic) bond motifs is 1. The van der Waals surface area contributed by atoms with Crippen LogP contribution in [0.2, 0.25) is 5.02 Å². The summed E-state index contributed by atoms with van der Waals surface area (Å²) in [6, 6.07) is 12.5. The van der Waals surface area contributed by atoms with Crippen LogP contribution < -0.4 is 5.43 Å². The third-order valence-electron chi connectivity index (χ3n) is 4.47. The van der Waals surface area contributed by atoms with Gasteiger partial charge in [0.15, 0.2) is 5.58 Å². The second-order valence-electron chi connectivity index (χ2n) is 6.41. The topological polar surface area (TPSA) is 65.7 Å². The fourth-order valence-corrected chi connectivity index (χ4v) is 3.09. The highest BCUT2D eigenvalue weighted by Gasteiger charge is 2.12. The van der Waals surface area contributed by atoms with Gasteiger partial charge in [0, 0.05) is 18.1 Å². The maximum absolute atomic E-state index is 11.0. The zero-order chi connectivity index (χ0) is 20.3. The van der Waals surface area contributed by atoms with Crippen LogP contribution >= 0.6 is 11.6 Å². The number of benzene rings is 2. The van der Waals surface area contributed by atoms with Gasteiger partial charge >= 0.3 is 5.97 Å². The van der Waals surface area contributed by atoms with Crippen LogP contribution in [0.25, 0.3) is 22.1 Å². The summed E-state index contributed by atoms with van der Waals surface area (Å²) in [6.07, 6.45) is 3.64. The summed E-state index contributed by atoms with van der Waals surface area (Å²) in [7, 11) is 1.92. The van der Waals surface area contributed by atoms with Gasteiger partial charge in [-0.1, -0.05) is 36.4 Å². The van der Waals surface area contributed by atoms with E-state index in [4.69, 9.17) is 21.1 Å². The van der Waals surface area contributed by atoms with E-state index in [9.17, 15) is 4.79 Å². The molecular formula is C22H21ClN2O3. The molecule has 0 unspecified atom stereocenters. The van der Waals surface area contributed by atoms with Crippen LogP contribution in [0.15, 0.2) is 71.3 Å². The molecule has 3 rings (SSSR count). The van der Waals surface area contributed by atoms with Crippen molar-refractivity contribution in [2.45, 2.75) is 13.5 Å². The summed E-state index contributed by atoms with van der Waals surface area (Å²) in [4.78, 5) is 11.0. The monoisotopic (exact) mass is 396 g/mol. The fraction of sp³-hybridized carbons (Fsp3) is 0.136. The SMILES string of the molecule is C=C/C=C(/C)N(C)NCc1cc2cc(-c3ccc(C(=O)O)cc3)cc(Cl)c2o1. The van der Waals surface area contributed by atoms with Crippen molar-refractivity contribution in [2.75, 3.05) is 7.05 Å². The highest BCUT2D eigenvalue weighted by atomic mass is 35.5. The van der Waals surface area contributed by atoms with Crippen molar-refractivity contribution in [2.24, 2.45) is 0 Å². The first kappa shape index (κ1) is 19.7. The molecule has 1 heterocycles. The lowest BCUT2D eigenvalue weighted by Crippen LogP contribution is -2.31. The molecule has 0 spiro atoms. The fourth-order valence-electron chi connectivity index (χ4n) is 2.83. The van der Waals surface area contributed by atoms with Gasteiger partial charge < -0.3 is 14.5 Å². The summed E-state index contributed by atoms with van der Waals surface area (Å²) in [5.41, 5.74) is 6.94. The van der Waals surface area contributed by atoms with Crippen LogP contribution in [-0.2, 0) is 6.54 Å². The largest absolute Gasteiger partial charge is 0.478 e. The van der Waals surface area contributed by atoms with Gasteiger partial charge in [-0.3, -0.25) is 0 Å². The zero-order valence-corrected chi connectivity index (χ0v) is 16.5. The minimum absolute atomic E-state index is 0.248. The molecule has 0 aliphatic rings. The number of rotatable bonds is 7. The number of carboxylic acid groups (broad SMARTS) is 1. The molecule has 0 atom stereocenters. The first-order valence-electron chi connectivity index (χ1n) is 8.71. The van der Waals surface area contributed by atoms with E-state index in [1.165, 1.54) is 0 Å². The molecule has 0 bridgehead atoms. The summed E-state index contributed by atoms with van der Waals surface area (Å²) >= 11 is 6.42. The number of nitrogens with zero attached hydrogens (tertiary/aromatic N) is 1. The zero-order valence-electron chi connectivity index (χ0n) is 15.7. The predicted molar refractivity (Wildman–Crippen MR) is 112 cm³/mol. The van der Waals surface area contributed by atoms with Crippen LogP contribution in [0, 0.1) is 0 Å².